The molecule has 0 aliphatic heterocycles. The van der Waals surface area contributed by atoms with Crippen molar-refractivity contribution in [1.82, 2.24) is 0 Å². The lowest BCUT2D eigenvalue weighted by Crippen LogP contribution is -2.10. The highest BCUT2D eigenvalue weighted by atomic mass is 15.1. The van der Waals surface area contributed by atoms with Crippen LogP contribution < -0.4 is 4.90 Å². The molecule has 0 aromatic heterocycles. The standard InChI is InChI=1S/C54H37N/c1-3-12-38(13-4-1)42-17-9-18-43(34-42)40-24-29-48(30-25-40)55(49-21-10-19-44(36-49)39-14-5-2-6-15-39)50-22-11-20-45(37-50)46-27-31-52-47(35-46)28-33-53-51-23-8-7-16-41(51)26-32-54(52)53/h1-37H. The molecule has 0 saturated carbocycles. The Morgan fingerprint density at radius 1 is 0.200 bits per heavy atom. The summed E-state index contributed by atoms with van der Waals surface area (Å²) in [6.45, 7) is 0. The highest BCUT2D eigenvalue weighted by Crippen LogP contribution is 2.40. The van der Waals surface area contributed by atoms with Gasteiger partial charge in [-0.25, -0.2) is 0 Å². The third-order valence-electron chi connectivity index (χ3n) is 10.8. The first-order valence-electron chi connectivity index (χ1n) is 18.9. The van der Waals surface area contributed by atoms with E-state index in [1.807, 2.05) is 0 Å². The summed E-state index contributed by atoms with van der Waals surface area (Å²) in [5, 5.41) is 7.67. The van der Waals surface area contributed by atoms with Crippen LogP contribution in [0.3, 0.4) is 0 Å². The number of hydrogen-bond donors (Lipinski definition) is 0. The highest BCUT2D eigenvalue weighted by molar-refractivity contribution is 6.17. The van der Waals surface area contributed by atoms with E-state index >= 15 is 0 Å². The van der Waals surface area contributed by atoms with Gasteiger partial charge in [-0.3, -0.25) is 0 Å². The number of hydrogen-bond acceptors (Lipinski definition) is 1. The molecule has 10 rings (SSSR count). The molecule has 1 nitrogen and oxygen atoms in total. The van der Waals surface area contributed by atoms with Crippen molar-refractivity contribution in [3.8, 4) is 44.5 Å². The zero-order chi connectivity index (χ0) is 36.6. The quantitative estimate of drug-likeness (QED) is 0.150. The molecule has 0 heterocycles. The average Bonchev–Trinajstić information content (AvgIpc) is 3.27. The minimum atomic E-state index is 1.10. The molecule has 0 bridgehead atoms. The molecule has 10 aromatic carbocycles. The fraction of sp³-hybridized carbons (Fsp3) is 0. The van der Waals surface area contributed by atoms with E-state index < -0.39 is 0 Å². The Morgan fingerprint density at radius 3 is 1.25 bits per heavy atom. The van der Waals surface area contributed by atoms with Crippen molar-refractivity contribution >= 4 is 49.4 Å². The van der Waals surface area contributed by atoms with Crippen LogP contribution in [0.4, 0.5) is 17.1 Å². The molecule has 0 N–H and O–H groups in total. The molecular formula is C54H37N. The van der Waals surface area contributed by atoms with E-state index in [1.54, 1.807) is 0 Å². The molecule has 0 atom stereocenters. The first-order valence-corrected chi connectivity index (χ1v) is 18.9. The first-order chi connectivity index (χ1) is 27.2. The predicted octanol–water partition coefficient (Wildman–Crippen LogP) is 15.3. The maximum Gasteiger partial charge on any atom is 0.0467 e. The Kier molecular flexibility index (Phi) is 8.24. The summed E-state index contributed by atoms with van der Waals surface area (Å²) in [5.41, 5.74) is 12.9. The van der Waals surface area contributed by atoms with E-state index in [-0.39, 0.29) is 0 Å². The molecule has 10 aromatic rings. The molecular weight excluding hydrogens is 663 g/mol. The fourth-order valence-corrected chi connectivity index (χ4v) is 8.05. The normalized spacial score (nSPS) is 11.3. The lowest BCUT2D eigenvalue weighted by molar-refractivity contribution is 1.28. The van der Waals surface area contributed by atoms with Crippen molar-refractivity contribution in [2.24, 2.45) is 0 Å². The minimum Gasteiger partial charge on any atom is -0.310 e. The van der Waals surface area contributed by atoms with Crippen molar-refractivity contribution in [3.63, 3.8) is 0 Å². The SMILES string of the molecule is c1ccc(-c2cccc(-c3ccc(N(c4cccc(-c5ccccc5)c4)c4cccc(-c5ccc6c(ccc7c8ccccc8ccc67)c5)c4)cc3)c2)cc1. The van der Waals surface area contributed by atoms with Crippen molar-refractivity contribution in [2.75, 3.05) is 4.90 Å². The van der Waals surface area contributed by atoms with Crippen LogP contribution in [0.1, 0.15) is 0 Å². The Labute approximate surface area is 322 Å². The third kappa shape index (κ3) is 6.22. The molecule has 0 aliphatic rings. The van der Waals surface area contributed by atoms with E-state index in [9.17, 15) is 0 Å². The number of fused-ring (bicyclic) bond motifs is 5. The average molecular weight is 700 g/mol. The minimum absolute atomic E-state index is 1.10. The first kappa shape index (κ1) is 32.4. The van der Waals surface area contributed by atoms with Crippen molar-refractivity contribution in [2.45, 2.75) is 0 Å². The fourth-order valence-electron chi connectivity index (χ4n) is 8.05. The Bertz CT molecular complexity index is 2960. The second-order valence-corrected chi connectivity index (χ2v) is 14.2. The summed E-state index contributed by atoms with van der Waals surface area (Å²) < 4.78 is 0. The van der Waals surface area contributed by atoms with Crippen molar-refractivity contribution in [1.29, 1.82) is 0 Å². The summed E-state index contributed by atoms with van der Waals surface area (Å²) in [6.07, 6.45) is 0. The number of rotatable bonds is 7. The maximum absolute atomic E-state index is 2.37. The van der Waals surface area contributed by atoms with E-state index in [0.29, 0.717) is 0 Å². The third-order valence-corrected chi connectivity index (χ3v) is 10.8. The van der Waals surface area contributed by atoms with E-state index in [0.717, 1.165) is 17.1 Å². The van der Waals surface area contributed by atoms with Gasteiger partial charge in [-0.2, -0.15) is 0 Å². The van der Waals surface area contributed by atoms with Crippen molar-refractivity contribution < 1.29 is 0 Å². The van der Waals surface area contributed by atoms with Crippen LogP contribution in [-0.4, -0.2) is 0 Å². The van der Waals surface area contributed by atoms with Gasteiger partial charge in [0.05, 0.1) is 0 Å². The van der Waals surface area contributed by atoms with Gasteiger partial charge in [0.25, 0.3) is 0 Å². The second-order valence-electron chi connectivity index (χ2n) is 14.2. The monoisotopic (exact) mass is 699 g/mol. The lowest BCUT2D eigenvalue weighted by atomic mass is 9.94. The summed E-state index contributed by atoms with van der Waals surface area (Å²) >= 11 is 0. The molecule has 1 heteroatoms. The highest BCUT2D eigenvalue weighted by Gasteiger charge is 2.16. The van der Waals surface area contributed by atoms with Crippen LogP contribution in [0.2, 0.25) is 0 Å². The lowest BCUT2D eigenvalue weighted by Gasteiger charge is -2.27. The summed E-state index contributed by atoms with van der Waals surface area (Å²) in [5.74, 6) is 0. The van der Waals surface area contributed by atoms with E-state index in [1.165, 1.54) is 76.8 Å². The van der Waals surface area contributed by atoms with Gasteiger partial charge in [0, 0.05) is 17.1 Å². The van der Waals surface area contributed by atoms with Crippen LogP contribution in [0.25, 0.3) is 76.8 Å². The molecule has 0 spiro atoms. The zero-order valence-electron chi connectivity index (χ0n) is 30.3. The van der Waals surface area contributed by atoms with Gasteiger partial charge < -0.3 is 4.90 Å². The number of nitrogens with zero attached hydrogens (tertiary/aromatic N) is 1. The van der Waals surface area contributed by atoms with Gasteiger partial charge in [-0.1, -0.05) is 176 Å². The van der Waals surface area contributed by atoms with Gasteiger partial charge in [0.1, 0.15) is 0 Å². The number of benzene rings is 10. The maximum atomic E-state index is 2.37. The van der Waals surface area contributed by atoms with Crippen LogP contribution in [0.15, 0.2) is 224 Å². The van der Waals surface area contributed by atoms with Gasteiger partial charge in [0.15, 0.2) is 0 Å². The number of anilines is 3. The summed E-state index contributed by atoms with van der Waals surface area (Å²) in [4.78, 5) is 2.37. The van der Waals surface area contributed by atoms with Gasteiger partial charge >= 0.3 is 0 Å². The Balaban J connectivity index is 1.05. The molecule has 0 aliphatic carbocycles. The predicted molar refractivity (Wildman–Crippen MR) is 235 cm³/mol. The molecule has 0 radical (unpaired) electrons. The second kappa shape index (κ2) is 14.0. The van der Waals surface area contributed by atoms with Crippen molar-refractivity contribution in [3.05, 3.63) is 224 Å². The molecule has 0 saturated heterocycles. The van der Waals surface area contributed by atoms with Crippen LogP contribution >= 0.6 is 0 Å². The van der Waals surface area contributed by atoms with Crippen LogP contribution in [0, 0.1) is 0 Å². The summed E-state index contributed by atoms with van der Waals surface area (Å²) in [7, 11) is 0. The largest absolute Gasteiger partial charge is 0.310 e. The van der Waals surface area contributed by atoms with E-state index in [2.05, 4.69) is 229 Å². The smallest absolute Gasteiger partial charge is 0.0467 e. The molecule has 0 unspecified atom stereocenters. The van der Waals surface area contributed by atoms with Gasteiger partial charge in [-0.05, 0) is 125 Å². The Morgan fingerprint density at radius 2 is 0.618 bits per heavy atom. The Hall–Kier alpha value is -7.22. The van der Waals surface area contributed by atoms with Crippen LogP contribution in [0.5, 0.6) is 0 Å². The molecule has 0 fully saturated rings. The molecule has 55 heavy (non-hydrogen) atoms. The topological polar surface area (TPSA) is 3.24 Å². The molecule has 258 valence electrons. The van der Waals surface area contributed by atoms with E-state index in [4.69, 9.17) is 0 Å². The summed E-state index contributed by atoms with van der Waals surface area (Å²) in [6, 6.07) is 81.4. The van der Waals surface area contributed by atoms with Gasteiger partial charge in [0.2, 0.25) is 0 Å². The molecule has 0 amide bonds. The zero-order valence-corrected chi connectivity index (χ0v) is 30.3. The van der Waals surface area contributed by atoms with Crippen LogP contribution in [-0.2, 0) is 0 Å². The van der Waals surface area contributed by atoms with Gasteiger partial charge in [-0.15, -0.1) is 0 Å².